The van der Waals surface area contributed by atoms with Gasteiger partial charge in [-0.1, -0.05) is 6.42 Å². The van der Waals surface area contributed by atoms with E-state index in [0.29, 0.717) is 0 Å². The molecule has 3 N–H and O–H groups in total. The molecule has 1 unspecified atom stereocenters. The molecule has 0 aromatic heterocycles. The second-order valence-corrected chi connectivity index (χ2v) is 2.63. The Morgan fingerprint density at radius 3 is 2.90 bits per heavy atom. The molecular formula is C7H13N2O. The Morgan fingerprint density at radius 2 is 2.40 bits per heavy atom. The minimum atomic E-state index is -0.320. The molecule has 0 bridgehead atoms. The van der Waals surface area contributed by atoms with Crippen LogP contribution in [0.5, 0.6) is 0 Å². The molecule has 1 aliphatic rings. The Balaban J connectivity index is 2.19. The quantitative estimate of drug-likeness (QED) is 0.560. The third-order valence-corrected chi connectivity index (χ3v) is 1.71. The zero-order valence-corrected chi connectivity index (χ0v) is 5.97. The maximum absolute atomic E-state index is 10.4. The molecule has 1 amide bonds. The van der Waals surface area contributed by atoms with Gasteiger partial charge in [-0.3, -0.25) is 4.79 Å². The van der Waals surface area contributed by atoms with Crippen LogP contribution in [0.1, 0.15) is 19.3 Å². The first kappa shape index (κ1) is 7.54. The largest absolute Gasteiger partial charge is 0.369 e. The number of piperidine rings is 1. The first-order valence-corrected chi connectivity index (χ1v) is 3.67. The Bertz CT molecular complexity index is 119. The molecule has 1 radical (unpaired) electrons. The second kappa shape index (κ2) is 3.56. The van der Waals surface area contributed by atoms with E-state index in [1.54, 1.807) is 6.42 Å². The normalized spacial score (nSPS) is 26.2. The summed E-state index contributed by atoms with van der Waals surface area (Å²) < 4.78 is 0. The third-order valence-electron chi connectivity index (χ3n) is 1.71. The van der Waals surface area contributed by atoms with E-state index in [9.17, 15) is 4.79 Å². The molecule has 57 valence electrons. The Hall–Kier alpha value is -0.570. The topological polar surface area (TPSA) is 55.1 Å². The van der Waals surface area contributed by atoms with Crippen LogP contribution >= 0.6 is 0 Å². The van der Waals surface area contributed by atoms with E-state index < -0.39 is 0 Å². The highest BCUT2D eigenvalue weighted by atomic mass is 16.1. The minimum absolute atomic E-state index is 0.228. The van der Waals surface area contributed by atoms with Gasteiger partial charge < -0.3 is 11.1 Å². The minimum Gasteiger partial charge on any atom is -0.369 e. The molecule has 3 heteroatoms. The first-order chi connectivity index (χ1) is 4.79. The molecule has 0 aromatic rings. The van der Waals surface area contributed by atoms with Crippen LogP contribution in [-0.2, 0) is 4.79 Å². The standard InChI is InChI=1S/C7H13N2O/c8-7(10)5-6-3-1-2-4-9-6/h5-6,9H,1-4H2,(H2,8,10). The summed E-state index contributed by atoms with van der Waals surface area (Å²) in [6, 6.07) is 0.228. The number of nitrogens with two attached hydrogens (primary N) is 1. The lowest BCUT2D eigenvalue weighted by Crippen LogP contribution is -2.37. The molecule has 0 saturated carbocycles. The molecule has 10 heavy (non-hydrogen) atoms. The second-order valence-electron chi connectivity index (χ2n) is 2.63. The van der Waals surface area contributed by atoms with E-state index in [0.717, 1.165) is 13.0 Å². The van der Waals surface area contributed by atoms with Crippen molar-refractivity contribution in [2.24, 2.45) is 5.73 Å². The molecular weight excluding hydrogens is 128 g/mol. The van der Waals surface area contributed by atoms with Gasteiger partial charge in [0.15, 0.2) is 0 Å². The first-order valence-electron chi connectivity index (χ1n) is 3.67. The predicted octanol–water partition coefficient (Wildman–Crippen LogP) is -0.182. The maximum atomic E-state index is 10.4. The molecule has 0 aliphatic carbocycles. The monoisotopic (exact) mass is 141 g/mol. The van der Waals surface area contributed by atoms with E-state index in [-0.39, 0.29) is 11.9 Å². The highest BCUT2D eigenvalue weighted by Gasteiger charge is 2.14. The van der Waals surface area contributed by atoms with Crippen molar-refractivity contribution < 1.29 is 4.79 Å². The van der Waals surface area contributed by atoms with E-state index in [1.165, 1.54) is 12.8 Å². The van der Waals surface area contributed by atoms with Crippen molar-refractivity contribution in [1.29, 1.82) is 0 Å². The lowest BCUT2D eigenvalue weighted by molar-refractivity contribution is -0.115. The number of carbonyl (C=O) groups is 1. The van der Waals surface area contributed by atoms with Gasteiger partial charge in [-0.2, -0.15) is 0 Å². The number of rotatable bonds is 2. The van der Waals surface area contributed by atoms with Crippen LogP contribution in [0, 0.1) is 6.42 Å². The molecule has 1 saturated heterocycles. The summed E-state index contributed by atoms with van der Waals surface area (Å²) in [5.74, 6) is -0.320. The summed E-state index contributed by atoms with van der Waals surface area (Å²) in [7, 11) is 0. The average molecular weight is 141 g/mol. The maximum Gasteiger partial charge on any atom is 0.222 e. The summed E-state index contributed by atoms with van der Waals surface area (Å²) in [4.78, 5) is 10.4. The van der Waals surface area contributed by atoms with Gasteiger partial charge >= 0.3 is 0 Å². The number of amides is 1. The van der Waals surface area contributed by atoms with Crippen LogP contribution in [-0.4, -0.2) is 18.5 Å². The van der Waals surface area contributed by atoms with Crippen molar-refractivity contribution in [1.82, 2.24) is 5.32 Å². The van der Waals surface area contributed by atoms with Gasteiger partial charge in [0.1, 0.15) is 0 Å². The van der Waals surface area contributed by atoms with Crippen LogP contribution in [0.15, 0.2) is 0 Å². The van der Waals surface area contributed by atoms with Crippen molar-refractivity contribution >= 4 is 5.91 Å². The summed E-state index contributed by atoms with van der Waals surface area (Å²) in [5, 5.41) is 3.19. The van der Waals surface area contributed by atoms with Crippen molar-refractivity contribution in [3.63, 3.8) is 0 Å². The van der Waals surface area contributed by atoms with Gasteiger partial charge in [0.2, 0.25) is 5.91 Å². The highest BCUT2D eigenvalue weighted by molar-refractivity contribution is 5.83. The van der Waals surface area contributed by atoms with Gasteiger partial charge in [-0.25, -0.2) is 0 Å². The van der Waals surface area contributed by atoms with Crippen molar-refractivity contribution in [2.45, 2.75) is 25.3 Å². The molecule has 3 nitrogen and oxygen atoms in total. The molecule has 0 aromatic carbocycles. The molecule has 1 heterocycles. The van der Waals surface area contributed by atoms with Crippen molar-refractivity contribution in [2.75, 3.05) is 6.54 Å². The van der Waals surface area contributed by atoms with Gasteiger partial charge in [-0.15, -0.1) is 0 Å². The van der Waals surface area contributed by atoms with Crippen LogP contribution in [0.25, 0.3) is 0 Å². The van der Waals surface area contributed by atoms with Crippen LogP contribution in [0.3, 0.4) is 0 Å². The highest BCUT2D eigenvalue weighted by Crippen LogP contribution is 2.08. The van der Waals surface area contributed by atoms with Crippen LogP contribution in [0.2, 0.25) is 0 Å². The van der Waals surface area contributed by atoms with Gasteiger partial charge in [0.05, 0.1) is 6.42 Å². The zero-order chi connectivity index (χ0) is 7.40. The van der Waals surface area contributed by atoms with Crippen molar-refractivity contribution in [3.8, 4) is 0 Å². The fourth-order valence-corrected chi connectivity index (χ4v) is 1.22. The van der Waals surface area contributed by atoms with Gasteiger partial charge in [0, 0.05) is 6.04 Å². The summed E-state index contributed by atoms with van der Waals surface area (Å²) in [6.45, 7) is 1.01. The van der Waals surface area contributed by atoms with E-state index in [4.69, 9.17) is 5.73 Å². The number of primary amides is 1. The van der Waals surface area contributed by atoms with Gasteiger partial charge in [0.25, 0.3) is 0 Å². The zero-order valence-electron chi connectivity index (χ0n) is 5.97. The fourth-order valence-electron chi connectivity index (χ4n) is 1.22. The predicted molar refractivity (Wildman–Crippen MR) is 39.1 cm³/mol. The number of nitrogens with one attached hydrogen (secondary N) is 1. The van der Waals surface area contributed by atoms with E-state index in [2.05, 4.69) is 5.32 Å². The Labute approximate surface area is 61.0 Å². The number of carbonyl (C=O) groups excluding carboxylic acids is 1. The third kappa shape index (κ3) is 2.35. The Kier molecular flexibility index (Phi) is 2.68. The van der Waals surface area contributed by atoms with E-state index >= 15 is 0 Å². The smallest absolute Gasteiger partial charge is 0.222 e. The fraction of sp³-hybridized carbons (Fsp3) is 0.714. The molecule has 1 rings (SSSR count). The summed E-state index contributed by atoms with van der Waals surface area (Å²) in [6.07, 6.45) is 5.01. The molecule has 1 fully saturated rings. The molecule has 1 atom stereocenters. The lowest BCUT2D eigenvalue weighted by Gasteiger charge is -2.21. The number of hydrogen-bond donors (Lipinski definition) is 2. The SMILES string of the molecule is NC(=O)[CH]C1CCCCN1. The number of hydrogen-bond acceptors (Lipinski definition) is 2. The van der Waals surface area contributed by atoms with E-state index in [1.807, 2.05) is 0 Å². The molecule has 0 spiro atoms. The Morgan fingerprint density at radius 1 is 1.60 bits per heavy atom. The lowest BCUT2D eigenvalue weighted by atomic mass is 10.0. The summed E-state index contributed by atoms with van der Waals surface area (Å²) in [5.41, 5.74) is 4.99. The van der Waals surface area contributed by atoms with Gasteiger partial charge in [-0.05, 0) is 19.4 Å². The van der Waals surface area contributed by atoms with Crippen molar-refractivity contribution in [3.05, 3.63) is 6.42 Å². The summed E-state index contributed by atoms with van der Waals surface area (Å²) >= 11 is 0. The molecule has 1 aliphatic heterocycles. The van der Waals surface area contributed by atoms with Crippen LogP contribution < -0.4 is 11.1 Å². The van der Waals surface area contributed by atoms with Crippen LogP contribution in [0.4, 0.5) is 0 Å². The average Bonchev–Trinajstić information content (AvgIpc) is 1.88.